The summed E-state index contributed by atoms with van der Waals surface area (Å²) in [4.78, 5) is 0. The molecule has 2 aromatic rings. The number of nitrogens with one attached hydrogen (secondary N) is 1. The minimum Gasteiger partial charge on any atom is -0.349 e. The summed E-state index contributed by atoms with van der Waals surface area (Å²) in [5.74, 6) is -0.166. The highest BCUT2D eigenvalue weighted by atomic mass is 79.9. The number of halogens is 2. The van der Waals surface area contributed by atoms with Gasteiger partial charge in [-0.2, -0.15) is 0 Å². The zero-order valence-corrected chi connectivity index (χ0v) is 13.5. The fourth-order valence-corrected chi connectivity index (χ4v) is 2.56. The average Bonchev–Trinajstić information content (AvgIpc) is 2.89. The molecule has 4 heteroatoms. The third kappa shape index (κ3) is 3.93. The summed E-state index contributed by atoms with van der Waals surface area (Å²) >= 11 is 3.38. The molecular weight excluding hydrogens is 319 g/mol. The molecule has 1 aromatic carbocycles. The lowest BCUT2D eigenvalue weighted by Gasteiger charge is -2.11. The smallest absolute Gasteiger partial charge is 0.128 e. The third-order valence-corrected chi connectivity index (χ3v) is 3.83. The zero-order chi connectivity index (χ0) is 14.5. The van der Waals surface area contributed by atoms with E-state index in [0.717, 1.165) is 17.4 Å². The van der Waals surface area contributed by atoms with Crippen LogP contribution in [-0.2, 0) is 6.54 Å². The third-order valence-electron chi connectivity index (χ3n) is 3.33. The molecule has 1 heterocycles. The van der Waals surface area contributed by atoms with Crippen molar-refractivity contribution in [3.05, 3.63) is 58.1 Å². The van der Waals surface area contributed by atoms with Gasteiger partial charge in [-0.05, 0) is 49.7 Å². The van der Waals surface area contributed by atoms with Crippen LogP contribution in [0.15, 0.2) is 41.1 Å². The molecule has 2 rings (SSSR count). The Balaban J connectivity index is 2.07. The van der Waals surface area contributed by atoms with Gasteiger partial charge >= 0.3 is 0 Å². The van der Waals surface area contributed by atoms with Crippen molar-refractivity contribution in [1.82, 2.24) is 9.88 Å². The number of hydrogen-bond acceptors (Lipinski definition) is 1. The summed E-state index contributed by atoms with van der Waals surface area (Å²) in [6.07, 6.45) is 5.20. The molecular formula is C16H20BrFN2. The van der Waals surface area contributed by atoms with Crippen LogP contribution in [-0.4, -0.2) is 11.1 Å². The van der Waals surface area contributed by atoms with Crippen LogP contribution in [0.25, 0.3) is 0 Å². The number of benzene rings is 1. The lowest BCUT2D eigenvalue weighted by Crippen LogP contribution is -2.18. The predicted octanol–water partition coefficient (Wildman–Crippen LogP) is 4.50. The average molecular weight is 339 g/mol. The summed E-state index contributed by atoms with van der Waals surface area (Å²) in [7, 11) is 0. The van der Waals surface area contributed by atoms with E-state index in [4.69, 9.17) is 0 Å². The second-order valence-corrected chi connectivity index (χ2v) is 5.94. The van der Waals surface area contributed by atoms with Gasteiger partial charge in [0.2, 0.25) is 0 Å². The van der Waals surface area contributed by atoms with Crippen LogP contribution in [0.2, 0.25) is 0 Å². The number of nitrogens with zero attached hydrogens (tertiary/aromatic N) is 1. The molecule has 0 bridgehead atoms. The zero-order valence-electron chi connectivity index (χ0n) is 11.9. The van der Waals surface area contributed by atoms with E-state index in [2.05, 4.69) is 47.4 Å². The van der Waals surface area contributed by atoms with Crippen molar-refractivity contribution in [2.45, 2.75) is 32.9 Å². The van der Waals surface area contributed by atoms with Crippen LogP contribution >= 0.6 is 15.9 Å². The molecule has 0 aliphatic heterocycles. The minimum absolute atomic E-state index is 0.166. The Morgan fingerprint density at radius 3 is 2.90 bits per heavy atom. The van der Waals surface area contributed by atoms with Gasteiger partial charge in [0.25, 0.3) is 0 Å². The highest BCUT2D eigenvalue weighted by Gasteiger charge is 2.08. The highest BCUT2D eigenvalue weighted by Crippen LogP contribution is 2.18. The molecule has 20 heavy (non-hydrogen) atoms. The fraction of sp³-hybridized carbons (Fsp3) is 0.375. The SMILES string of the molecule is CCCNC(C)c1ccn(Cc2cc(Br)ccc2F)c1. The summed E-state index contributed by atoms with van der Waals surface area (Å²) in [6.45, 7) is 5.86. The quantitative estimate of drug-likeness (QED) is 0.820. The van der Waals surface area contributed by atoms with Crippen LogP contribution in [0.3, 0.4) is 0 Å². The van der Waals surface area contributed by atoms with Crippen molar-refractivity contribution in [2.75, 3.05) is 6.54 Å². The van der Waals surface area contributed by atoms with Crippen molar-refractivity contribution in [3.8, 4) is 0 Å². The Hall–Kier alpha value is -1.13. The highest BCUT2D eigenvalue weighted by molar-refractivity contribution is 9.10. The second kappa shape index (κ2) is 7.04. The Bertz CT molecular complexity index is 565. The Morgan fingerprint density at radius 1 is 1.35 bits per heavy atom. The molecule has 0 spiro atoms. The van der Waals surface area contributed by atoms with Gasteiger partial charge in [-0.1, -0.05) is 22.9 Å². The van der Waals surface area contributed by atoms with Gasteiger partial charge in [0.05, 0.1) is 0 Å². The maximum Gasteiger partial charge on any atom is 0.128 e. The van der Waals surface area contributed by atoms with E-state index in [0.29, 0.717) is 18.2 Å². The lowest BCUT2D eigenvalue weighted by atomic mass is 10.2. The van der Waals surface area contributed by atoms with E-state index in [9.17, 15) is 4.39 Å². The number of hydrogen-bond donors (Lipinski definition) is 1. The number of rotatable bonds is 6. The van der Waals surface area contributed by atoms with Crippen LogP contribution in [0.4, 0.5) is 4.39 Å². The summed E-state index contributed by atoms with van der Waals surface area (Å²) in [5.41, 5.74) is 1.92. The topological polar surface area (TPSA) is 17.0 Å². The first kappa shape index (κ1) is 15.3. The van der Waals surface area contributed by atoms with Crippen molar-refractivity contribution in [2.24, 2.45) is 0 Å². The molecule has 0 saturated heterocycles. The van der Waals surface area contributed by atoms with Gasteiger partial charge < -0.3 is 9.88 Å². The van der Waals surface area contributed by atoms with E-state index in [1.165, 1.54) is 11.6 Å². The molecule has 1 unspecified atom stereocenters. The van der Waals surface area contributed by atoms with Crippen LogP contribution in [0.1, 0.15) is 37.4 Å². The van der Waals surface area contributed by atoms with Crippen LogP contribution < -0.4 is 5.32 Å². The maximum atomic E-state index is 13.7. The molecule has 0 amide bonds. The lowest BCUT2D eigenvalue weighted by molar-refractivity contribution is 0.568. The molecule has 0 fully saturated rings. The monoisotopic (exact) mass is 338 g/mol. The van der Waals surface area contributed by atoms with Gasteiger partial charge in [-0.25, -0.2) is 4.39 Å². The van der Waals surface area contributed by atoms with Crippen molar-refractivity contribution >= 4 is 15.9 Å². The molecule has 0 aliphatic carbocycles. The first-order chi connectivity index (χ1) is 9.60. The van der Waals surface area contributed by atoms with Crippen molar-refractivity contribution < 1.29 is 4.39 Å². The van der Waals surface area contributed by atoms with Gasteiger partial charge in [0, 0.05) is 35.0 Å². The van der Waals surface area contributed by atoms with Gasteiger partial charge in [0.15, 0.2) is 0 Å². The van der Waals surface area contributed by atoms with E-state index < -0.39 is 0 Å². The summed E-state index contributed by atoms with van der Waals surface area (Å²) < 4.78 is 16.7. The van der Waals surface area contributed by atoms with Crippen molar-refractivity contribution in [1.29, 1.82) is 0 Å². The Labute approximate surface area is 128 Å². The molecule has 0 saturated carbocycles. The van der Waals surface area contributed by atoms with Gasteiger partial charge in [-0.15, -0.1) is 0 Å². The molecule has 108 valence electrons. The van der Waals surface area contributed by atoms with E-state index in [-0.39, 0.29) is 5.82 Å². The van der Waals surface area contributed by atoms with Gasteiger partial charge in [0.1, 0.15) is 5.82 Å². The van der Waals surface area contributed by atoms with Crippen molar-refractivity contribution in [3.63, 3.8) is 0 Å². The first-order valence-electron chi connectivity index (χ1n) is 6.93. The molecule has 1 atom stereocenters. The fourth-order valence-electron chi connectivity index (χ4n) is 2.15. The molecule has 2 nitrogen and oxygen atoms in total. The van der Waals surface area contributed by atoms with E-state index in [1.807, 2.05) is 16.8 Å². The molecule has 0 radical (unpaired) electrons. The summed E-state index contributed by atoms with van der Waals surface area (Å²) in [5, 5.41) is 3.45. The normalized spacial score (nSPS) is 12.6. The standard InChI is InChI=1S/C16H20BrFN2/c1-3-7-19-12(2)13-6-8-20(10-13)11-14-9-15(17)4-5-16(14)18/h4-6,8-10,12,19H,3,7,11H2,1-2H3. The Morgan fingerprint density at radius 2 is 2.15 bits per heavy atom. The number of aromatic nitrogens is 1. The first-order valence-corrected chi connectivity index (χ1v) is 7.72. The van der Waals surface area contributed by atoms with E-state index >= 15 is 0 Å². The van der Waals surface area contributed by atoms with Gasteiger partial charge in [-0.3, -0.25) is 0 Å². The predicted molar refractivity (Wildman–Crippen MR) is 84.3 cm³/mol. The largest absolute Gasteiger partial charge is 0.349 e. The van der Waals surface area contributed by atoms with Crippen LogP contribution in [0.5, 0.6) is 0 Å². The molecule has 1 N–H and O–H groups in total. The second-order valence-electron chi connectivity index (χ2n) is 5.03. The Kier molecular flexibility index (Phi) is 5.38. The summed E-state index contributed by atoms with van der Waals surface area (Å²) in [6, 6.07) is 7.45. The van der Waals surface area contributed by atoms with Crippen LogP contribution in [0, 0.1) is 5.82 Å². The maximum absolute atomic E-state index is 13.7. The molecule has 0 aliphatic rings. The minimum atomic E-state index is -0.166. The molecule has 1 aromatic heterocycles. The van der Waals surface area contributed by atoms with E-state index in [1.54, 1.807) is 6.07 Å².